The second-order valence-electron chi connectivity index (χ2n) is 7.12. The second-order valence-corrected chi connectivity index (χ2v) is 8.06. The molecule has 0 radical (unpaired) electrons. The van der Waals surface area contributed by atoms with E-state index in [2.05, 4.69) is 27.1 Å². The monoisotopic (exact) mass is 434 g/mol. The number of thioether (sulfide) groups is 1. The number of allylic oxidation sites excluding steroid dienone is 1. The Morgan fingerprint density at radius 1 is 1.29 bits per heavy atom. The van der Waals surface area contributed by atoms with E-state index in [1.807, 2.05) is 41.8 Å². The zero-order chi connectivity index (χ0) is 21.8. The Balaban J connectivity index is 1.57. The minimum Gasteiger partial charge on any atom is -0.324 e. The Kier molecular flexibility index (Phi) is 6.13. The van der Waals surface area contributed by atoms with Crippen molar-refractivity contribution in [3.05, 3.63) is 61.4 Å². The molecule has 4 rings (SSSR count). The van der Waals surface area contributed by atoms with E-state index in [4.69, 9.17) is 0 Å². The normalized spacial score (nSPS) is 15.7. The molecular formula is C22H22N6O2S. The number of benzene rings is 1. The van der Waals surface area contributed by atoms with Gasteiger partial charge in [-0.2, -0.15) is 0 Å². The molecule has 158 valence electrons. The van der Waals surface area contributed by atoms with E-state index < -0.39 is 0 Å². The number of para-hydroxylation sites is 2. The van der Waals surface area contributed by atoms with Crippen molar-refractivity contribution in [2.24, 2.45) is 0 Å². The van der Waals surface area contributed by atoms with Crippen molar-refractivity contribution in [2.45, 2.75) is 31.1 Å². The predicted octanol–water partition coefficient (Wildman–Crippen LogP) is 3.38. The summed E-state index contributed by atoms with van der Waals surface area (Å²) in [7, 11) is 0. The van der Waals surface area contributed by atoms with Gasteiger partial charge in [0.05, 0.1) is 17.1 Å². The van der Waals surface area contributed by atoms with Crippen LogP contribution < -0.4 is 10.2 Å². The molecule has 9 heteroatoms. The summed E-state index contributed by atoms with van der Waals surface area (Å²) in [5.74, 6) is 0.633. The molecule has 0 saturated heterocycles. The van der Waals surface area contributed by atoms with Crippen molar-refractivity contribution in [1.82, 2.24) is 19.7 Å². The summed E-state index contributed by atoms with van der Waals surface area (Å²) in [6.07, 6.45) is 5.43. The standard InChI is InChI=1S/C22H22N6O2S/c1-3-11-27-21(16-7-6-10-23-13-16)25-26-22(27)31-14-20(30)28-15(2)12-19(29)24-17-8-4-5-9-18(17)28/h3-10,13,15H,1,11-12,14H2,2H3,(H,24,29)/t15-/m1/s1. The highest BCUT2D eigenvalue weighted by Gasteiger charge is 2.29. The molecule has 1 N–H and O–H groups in total. The lowest BCUT2D eigenvalue weighted by Crippen LogP contribution is -2.40. The van der Waals surface area contributed by atoms with Crippen LogP contribution in [0.25, 0.3) is 11.4 Å². The van der Waals surface area contributed by atoms with Gasteiger partial charge in [0.1, 0.15) is 0 Å². The Morgan fingerprint density at radius 2 is 2.13 bits per heavy atom. The van der Waals surface area contributed by atoms with Crippen LogP contribution in [0.5, 0.6) is 0 Å². The molecule has 2 amide bonds. The number of nitrogens with zero attached hydrogens (tertiary/aromatic N) is 5. The smallest absolute Gasteiger partial charge is 0.237 e. The van der Waals surface area contributed by atoms with Crippen LogP contribution in [0.1, 0.15) is 13.3 Å². The van der Waals surface area contributed by atoms with Crippen LogP contribution in [0.2, 0.25) is 0 Å². The lowest BCUT2D eigenvalue weighted by atomic mass is 10.2. The van der Waals surface area contributed by atoms with E-state index in [0.29, 0.717) is 28.9 Å². The Hall–Kier alpha value is -3.46. The average molecular weight is 435 g/mol. The van der Waals surface area contributed by atoms with Crippen LogP contribution in [0.3, 0.4) is 0 Å². The molecule has 3 heterocycles. The van der Waals surface area contributed by atoms with Gasteiger partial charge in [0.15, 0.2) is 11.0 Å². The summed E-state index contributed by atoms with van der Waals surface area (Å²) in [6, 6.07) is 10.8. The fourth-order valence-electron chi connectivity index (χ4n) is 3.56. The van der Waals surface area contributed by atoms with Crippen molar-refractivity contribution in [3.8, 4) is 11.4 Å². The first kappa shape index (κ1) is 20.8. The molecular weight excluding hydrogens is 412 g/mol. The highest BCUT2D eigenvalue weighted by molar-refractivity contribution is 7.99. The number of amides is 2. The highest BCUT2D eigenvalue weighted by atomic mass is 32.2. The zero-order valence-electron chi connectivity index (χ0n) is 17.1. The number of fused-ring (bicyclic) bond motifs is 1. The summed E-state index contributed by atoms with van der Waals surface area (Å²) in [5, 5.41) is 12.1. The zero-order valence-corrected chi connectivity index (χ0v) is 17.9. The van der Waals surface area contributed by atoms with Crippen molar-refractivity contribution < 1.29 is 9.59 Å². The van der Waals surface area contributed by atoms with E-state index in [-0.39, 0.29) is 30.0 Å². The molecule has 0 fully saturated rings. The van der Waals surface area contributed by atoms with Gasteiger partial charge >= 0.3 is 0 Å². The van der Waals surface area contributed by atoms with Crippen LogP contribution in [0.15, 0.2) is 66.6 Å². The molecule has 0 bridgehead atoms. The van der Waals surface area contributed by atoms with Gasteiger partial charge in [-0.1, -0.05) is 30.0 Å². The molecule has 1 atom stereocenters. The molecule has 31 heavy (non-hydrogen) atoms. The molecule has 1 aromatic carbocycles. The minimum atomic E-state index is -0.256. The lowest BCUT2D eigenvalue weighted by molar-refractivity contribution is -0.117. The van der Waals surface area contributed by atoms with Crippen molar-refractivity contribution in [2.75, 3.05) is 16.0 Å². The first-order chi connectivity index (χ1) is 15.1. The van der Waals surface area contributed by atoms with Crippen LogP contribution in [-0.2, 0) is 16.1 Å². The first-order valence-electron chi connectivity index (χ1n) is 9.86. The third kappa shape index (κ3) is 4.36. The van der Waals surface area contributed by atoms with Crippen molar-refractivity contribution >= 4 is 35.0 Å². The molecule has 8 nitrogen and oxygen atoms in total. The van der Waals surface area contributed by atoms with Crippen molar-refractivity contribution in [1.29, 1.82) is 0 Å². The maximum absolute atomic E-state index is 13.2. The molecule has 2 aromatic heterocycles. The predicted molar refractivity (Wildman–Crippen MR) is 121 cm³/mol. The van der Waals surface area contributed by atoms with Gasteiger partial charge in [0, 0.05) is 37.0 Å². The first-order valence-corrected chi connectivity index (χ1v) is 10.8. The largest absolute Gasteiger partial charge is 0.324 e. The molecule has 1 aliphatic heterocycles. The van der Waals surface area contributed by atoms with Crippen LogP contribution in [0.4, 0.5) is 11.4 Å². The fourth-order valence-corrected chi connectivity index (χ4v) is 4.37. The van der Waals surface area contributed by atoms with Gasteiger partial charge in [-0.25, -0.2) is 0 Å². The Labute approximate surface area is 184 Å². The number of hydrogen-bond donors (Lipinski definition) is 1. The van der Waals surface area contributed by atoms with E-state index in [1.54, 1.807) is 29.4 Å². The van der Waals surface area contributed by atoms with Gasteiger partial charge in [-0.05, 0) is 31.2 Å². The molecule has 0 aliphatic carbocycles. The van der Waals surface area contributed by atoms with Gasteiger partial charge in [-0.3, -0.25) is 19.1 Å². The van der Waals surface area contributed by atoms with Crippen molar-refractivity contribution in [3.63, 3.8) is 0 Å². The van der Waals surface area contributed by atoms with Crippen LogP contribution in [0, 0.1) is 0 Å². The number of pyridine rings is 1. The second kappa shape index (κ2) is 9.13. The number of rotatable bonds is 6. The number of aromatic nitrogens is 4. The third-order valence-electron chi connectivity index (χ3n) is 4.90. The van der Waals surface area contributed by atoms with Gasteiger partial charge in [0.2, 0.25) is 11.8 Å². The molecule has 0 saturated carbocycles. The van der Waals surface area contributed by atoms with E-state index in [9.17, 15) is 9.59 Å². The maximum atomic E-state index is 13.2. The molecule has 0 spiro atoms. The number of nitrogens with one attached hydrogen (secondary N) is 1. The molecule has 0 unspecified atom stereocenters. The van der Waals surface area contributed by atoms with E-state index >= 15 is 0 Å². The van der Waals surface area contributed by atoms with Gasteiger partial charge in [-0.15, -0.1) is 16.8 Å². The number of carbonyl (C=O) groups excluding carboxylic acids is 2. The lowest BCUT2D eigenvalue weighted by Gasteiger charge is -2.27. The van der Waals surface area contributed by atoms with E-state index in [0.717, 1.165) is 5.56 Å². The van der Waals surface area contributed by atoms with Gasteiger partial charge < -0.3 is 10.2 Å². The minimum absolute atomic E-state index is 0.0995. The van der Waals surface area contributed by atoms with Crippen LogP contribution in [-0.4, -0.2) is 43.4 Å². The Morgan fingerprint density at radius 3 is 2.90 bits per heavy atom. The summed E-state index contributed by atoms with van der Waals surface area (Å²) in [5.41, 5.74) is 2.19. The maximum Gasteiger partial charge on any atom is 0.237 e. The number of anilines is 2. The topological polar surface area (TPSA) is 93.0 Å². The molecule has 3 aromatic rings. The summed E-state index contributed by atoms with van der Waals surface area (Å²) in [4.78, 5) is 31.2. The molecule has 1 aliphatic rings. The summed E-state index contributed by atoms with van der Waals surface area (Å²) >= 11 is 1.31. The third-order valence-corrected chi connectivity index (χ3v) is 5.85. The van der Waals surface area contributed by atoms with Crippen LogP contribution >= 0.6 is 11.8 Å². The number of hydrogen-bond acceptors (Lipinski definition) is 6. The number of carbonyl (C=O) groups is 2. The summed E-state index contributed by atoms with van der Waals surface area (Å²) < 4.78 is 1.91. The summed E-state index contributed by atoms with van der Waals surface area (Å²) in [6.45, 7) is 6.21. The van der Waals surface area contributed by atoms with E-state index in [1.165, 1.54) is 11.8 Å². The fraction of sp³-hybridized carbons (Fsp3) is 0.227. The van der Waals surface area contributed by atoms with Gasteiger partial charge in [0.25, 0.3) is 0 Å². The Bertz CT molecular complexity index is 1110. The highest BCUT2D eigenvalue weighted by Crippen LogP contribution is 2.32. The SMILES string of the molecule is C=CCn1c(SCC(=O)N2c3ccccc3NC(=O)C[C@H]2C)nnc1-c1cccnc1. The quantitative estimate of drug-likeness (QED) is 0.472. The average Bonchev–Trinajstić information content (AvgIpc) is 3.11.